The lowest BCUT2D eigenvalue weighted by Gasteiger charge is -2.13. The maximum atomic E-state index is 13.1. The first-order valence-electron chi connectivity index (χ1n) is 8.59. The fraction of sp³-hybridized carbons (Fsp3) is 0.0455. The molecule has 0 aliphatic rings. The van der Waals surface area contributed by atoms with E-state index in [-0.39, 0.29) is 18.0 Å². The van der Waals surface area contributed by atoms with E-state index in [2.05, 4.69) is 0 Å². The molecule has 144 valence electrons. The number of hydrogen-bond donors (Lipinski definition) is 2. The lowest BCUT2D eigenvalue weighted by atomic mass is 10.0. The maximum absolute atomic E-state index is 13.1. The number of nitrogens with zero attached hydrogens (tertiary/aromatic N) is 1. The highest BCUT2D eigenvalue weighted by Crippen LogP contribution is 2.31. The van der Waals surface area contributed by atoms with Gasteiger partial charge in [-0.05, 0) is 40.6 Å². The highest BCUT2D eigenvalue weighted by Gasteiger charge is 2.14. The molecule has 0 unspecified atom stereocenters. The van der Waals surface area contributed by atoms with Crippen LogP contribution in [0.1, 0.15) is 11.1 Å². The van der Waals surface area contributed by atoms with E-state index in [4.69, 9.17) is 10.5 Å². The van der Waals surface area contributed by atoms with E-state index in [0.29, 0.717) is 11.3 Å². The Labute approximate surface area is 166 Å². The fourth-order valence-electron chi connectivity index (χ4n) is 2.76. The predicted molar refractivity (Wildman–Crippen MR) is 106 cm³/mol. The van der Waals surface area contributed by atoms with E-state index < -0.39 is 11.9 Å². The molecule has 0 bridgehead atoms. The summed E-state index contributed by atoms with van der Waals surface area (Å²) in [6, 6.07) is 17.6. The van der Waals surface area contributed by atoms with E-state index in [1.54, 1.807) is 24.3 Å². The van der Waals surface area contributed by atoms with Gasteiger partial charge in [0, 0.05) is 5.56 Å². The first kappa shape index (κ1) is 19.6. The van der Waals surface area contributed by atoms with Crippen LogP contribution in [0.5, 0.6) is 5.75 Å². The number of amides is 3. The van der Waals surface area contributed by atoms with E-state index in [9.17, 15) is 19.2 Å². The van der Waals surface area contributed by atoms with Crippen molar-refractivity contribution >= 4 is 28.8 Å². The highest BCUT2D eigenvalue weighted by atomic mass is 19.1. The molecule has 6 nitrogen and oxygen atoms in total. The van der Waals surface area contributed by atoms with Crippen LogP contribution in [0, 0.1) is 17.1 Å². The molecular formula is C22H16FN3O3. The molecule has 0 saturated heterocycles. The molecule has 0 aliphatic heterocycles. The Balaban J connectivity index is 2.02. The van der Waals surface area contributed by atoms with Gasteiger partial charge in [-0.15, -0.1) is 0 Å². The number of hydrogen-bond acceptors (Lipinski definition) is 4. The third-order valence-electron chi connectivity index (χ3n) is 4.13. The Morgan fingerprint density at radius 1 is 1.10 bits per heavy atom. The van der Waals surface area contributed by atoms with Gasteiger partial charge in [-0.2, -0.15) is 5.26 Å². The minimum Gasteiger partial charge on any atom is -0.488 e. The van der Waals surface area contributed by atoms with Crippen LogP contribution < -0.4 is 15.8 Å². The van der Waals surface area contributed by atoms with Crippen molar-refractivity contribution in [3.8, 4) is 11.8 Å². The van der Waals surface area contributed by atoms with Gasteiger partial charge >= 0.3 is 6.03 Å². The lowest BCUT2D eigenvalue weighted by Crippen LogP contribution is -2.35. The number of rotatable bonds is 5. The van der Waals surface area contributed by atoms with Crippen molar-refractivity contribution < 1.29 is 18.7 Å². The van der Waals surface area contributed by atoms with Crippen LogP contribution in [0.15, 0.2) is 66.2 Å². The van der Waals surface area contributed by atoms with Crippen molar-refractivity contribution in [3.05, 3.63) is 83.2 Å². The molecule has 3 aromatic carbocycles. The van der Waals surface area contributed by atoms with Crippen molar-refractivity contribution in [2.24, 2.45) is 5.73 Å². The van der Waals surface area contributed by atoms with Gasteiger partial charge in [-0.25, -0.2) is 9.18 Å². The summed E-state index contributed by atoms with van der Waals surface area (Å²) in [5.74, 6) is -0.827. The Morgan fingerprint density at radius 2 is 1.83 bits per heavy atom. The van der Waals surface area contributed by atoms with Crippen LogP contribution in [0.4, 0.5) is 9.18 Å². The molecule has 0 saturated carbocycles. The molecule has 0 heterocycles. The summed E-state index contributed by atoms with van der Waals surface area (Å²) in [5, 5.41) is 12.9. The molecule has 3 N–H and O–H groups in total. The second kappa shape index (κ2) is 8.67. The van der Waals surface area contributed by atoms with Crippen molar-refractivity contribution in [2.45, 2.75) is 6.61 Å². The number of halogens is 1. The average molecular weight is 389 g/mol. The van der Waals surface area contributed by atoms with E-state index in [1.807, 2.05) is 35.6 Å². The van der Waals surface area contributed by atoms with Gasteiger partial charge in [-0.1, -0.05) is 42.5 Å². The molecular weight excluding hydrogens is 373 g/mol. The van der Waals surface area contributed by atoms with Gasteiger partial charge in [-0.3, -0.25) is 10.1 Å². The number of ether oxygens (including phenoxy) is 1. The fourth-order valence-corrected chi connectivity index (χ4v) is 2.76. The number of nitriles is 1. The smallest absolute Gasteiger partial charge is 0.319 e. The quantitative estimate of drug-likeness (QED) is 0.513. The standard InChI is InChI=1S/C22H16FN3O3/c23-17-8-5-14(6-9-17)13-29-20-10-7-15-3-1-2-4-18(15)19(20)11-16(12-24)21(27)26-22(25)28/h1-11H,13H2,(H3,25,26,27,28)/b16-11-. The molecule has 29 heavy (non-hydrogen) atoms. The molecule has 0 aromatic heterocycles. The minimum atomic E-state index is -1.05. The monoisotopic (exact) mass is 389 g/mol. The van der Waals surface area contributed by atoms with Crippen LogP contribution in [0.25, 0.3) is 16.8 Å². The summed E-state index contributed by atoms with van der Waals surface area (Å²) >= 11 is 0. The molecule has 0 spiro atoms. The highest BCUT2D eigenvalue weighted by molar-refractivity contribution is 6.10. The maximum Gasteiger partial charge on any atom is 0.319 e. The molecule has 0 aliphatic carbocycles. The Morgan fingerprint density at radius 3 is 2.52 bits per heavy atom. The van der Waals surface area contributed by atoms with Gasteiger partial charge in [0.1, 0.15) is 29.8 Å². The summed E-state index contributed by atoms with van der Waals surface area (Å²) in [4.78, 5) is 23.0. The van der Waals surface area contributed by atoms with Crippen LogP contribution in [-0.2, 0) is 11.4 Å². The topological polar surface area (TPSA) is 105 Å². The normalized spacial score (nSPS) is 11.0. The minimum absolute atomic E-state index is 0.162. The van der Waals surface area contributed by atoms with Crippen LogP contribution >= 0.6 is 0 Å². The summed E-state index contributed by atoms with van der Waals surface area (Å²) in [7, 11) is 0. The molecule has 3 rings (SSSR count). The number of nitrogens with two attached hydrogens (primary N) is 1. The van der Waals surface area contributed by atoms with E-state index in [1.165, 1.54) is 18.2 Å². The van der Waals surface area contributed by atoms with Crippen LogP contribution in [0.3, 0.4) is 0 Å². The third kappa shape index (κ3) is 4.76. The van der Waals surface area contributed by atoms with Gasteiger partial charge in [0.15, 0.2) is 0 Å². The van der Waals surface area contributed by atoms with Crippen LogP contribution in [-0.4, -0.2) is 11.9 Å². The first-order chi connectivity index (χ1) is 14.0. The Kier molecular flexibility index (Phi) is 5.85. The SMILES string of the molecule is N#C/C(=C/c1c(OCc2ccc(F)cc2)ccc2ccccc12)C(=O)NC(N)=O. The first-order valence-corrected chi connectivity index (χ1v) is 8.59. The van der Waals surface area contributed by atoms with Crippen molar-refractivity contribution in [2.75, 3.05) is 0 Å². The Bertz CT molecular complexity index is 1150. The van der Waals surface area contributed by atoms with Gasteiger partial charge in [0.2, 0.25) is 0 Å². The molecule has 0 radical (unpaired) electrons. The zero-order chi connectivity index (χ0) is 20.8. The number of nitrogens with one attached hydrogen (secondary N) is 1. The van der Waals surface area contributed by atoms with Gasteiger partial charge < -0.3 is 10.5 Å². The molecule has 0 atom stereocenters. The second-order valence-corrected chi connectivity index (χ2v) is 6.10. The van der Waals surface area contributed by atoms with E-state index >= 15 is 0 Å². The lowest BCUT2D eigenvalue weighted by molar-refractivity contribution is -0.115. The van der Waals surface area contributed by atoms with Crippen molar-refractivity contribution in [3.63, 3.8) is 0 Å². The summed E-state index contributed by atoms with van der Waals surface area (Å²) in [5.41, 5.74) is 5.92. The second-order valence-electron chi connectivity index (χ2n) is 6.10. The molecule has 0 fully saturated rings. The number of carbonyl (C=O) groups is 2. The molecule has 7 heteroatoms. The predicted octanol–water partition coefficient (Wildman–Crippen LogP) is 3.66. The Hall–Kier alpha value is -4.18. The average Bonchev–Trinajstić information content (AvgIpc) is 2.71. The van der Waals surface area contributed by atoms with Crippen molar-refractivity contribution in [1.82, 2.24) is 5.32 Å². The number of imide groups is 1. The van der Waals surface area contributed by atoms with E-state index in [0.717, 1.165) is 16.3 Å². The number of carbonyl (C=O) groups excluding carboxylic acids is 2. The number of benzene rings is 3. The third-order valence-corrected chi connectivity index (χ3v) is 4.13. The molecule has 3 aromatic rings. The summed E-state index contributed by atoms with van der Waals surface area (Å²) in [6.07, 6.45) is 1.35. The largest absolute Gasteiger partial charge is 0.488 e. The van der Waals surface area contributed by atoms with Gasteiger partial charge in [0.05, 0.1) is 0 Å². The van der Waals surface area contributed by atoms with Crippen LogP contribution in [0.2, 0.25) is 0 Å². The summed E-state index contributed by atoms with van der Waals surface area (Å²) in [6.45, 7) is 0.162. The number of urea groups is 1. The molecule has 3 amide bonds. The summed E-state index contributed by atoms with van der Waals surface area (Å²) < 4.78 is 19.0. The zero-order valence-electron chi connectivity index (χ0n) is 15.2. The number of primary amides is 1. The van der Waals surface area contributed by atoms with Crippen molar-refractivity contribution in [1.29, 1.82) is 5.26 Å². The zero-order valence-corrected chi connectivity index (χ0v) is 15.2. The van der Waals surface area contributed by atoms with Gasteiger partial charge in [0.25, 0.3) is 5.91 Å². The number of fused-ring (bicyclic) bond motifs is 1.